The van der Waals surface area contributed by atoms with Gasteiger partial charge < -0.3 is 0 Å². The minimum atomic E-state index is -0.270. The van der Waals surface area contributed by atoms with Gasteiger partial charge >= 0.3 is 0 Å². The summed E-state index contributed by atoms with van der Waals surface area (Å²) in [5, 5.41) is 11.9. The second-order valence-electron chi connectivity index (χ2n) is 4.53. The minimum Gasteiger partial charge on any atom is -0.296 e. The first-order chi connectivity index (χ1) is 10.6. The number of aryl methyl sites for hydroxylation is 1. The number of amides is 1. The number of thiazole rings is 1. The Morgan fingerprint density at radius 3 is 2.73 bits per heavy atom. The van der Waals surface area contributed by atoms with Gasteiger partial charge in [-0.1, -0.05) is 23.5 Å². The third-order valence-corrected chi connectivity index (χ3v) is 4.67. The summed E-state index contributed by atoms with van der Waals surface area (Å²) in [6.45, 7) is 1.78. The van der Waals surface area contributed by atoms with Crippen molar-refractivity contribution in [1.29, 1.82) is 0 Å². The van der Waals surface area contributed by atoms with Crippen molar-refractivity contribution in [1.82, 2.24) is 15.2 Å². The lowest BCUT2D eigenvalue weighted by atomic mass is 10.2. The smallest absolute Gasteiger partial charge is 0.269 e. The Balaban J connectivity index is 1.67. The van der Waals surface area contributed by atoms with Gasteiger partial charge in [0.15, 0.2) is 0 Å². The van der Waals surface area contributed by atoms with E-state index in [-0.39, 0.29) is 11.7 Å². The van der Waals surface area contributed by atoms with Crippen molar-refractivity contribution in [2.24, 2.45) is 0 Å². The molecule has 5 nitrogen and oxygen atoms in total. The monoisotopic (exact) mass is 334 g/mol. The van der Waals surface area contributed by atoms with Crippen LogP contribution in [0.1, 0.15) is 25.9 Å². The summed E-state index contributed by atoms with van der Waals surface area (Å²) in [5.74, 6) is -0.502. The lowest BCUT2D eigenvalue weighted by molar-refractivity contribution is 0.102. The third kappa shape index (κ3) is 3.34. The molecule has 0 aliphatic heterocycles. The number of carbonyl (C=O) groups excluding carboxylic acids is 1. The highest BCUT2D eigenvalue weighted by Crippen LogP contribution is 2.21. The fourth-order valence-electron chi connectivity index (χ4n) is 1.83. The maximum atomic E-state index is 12.9. The van der Waals surface area contributed by atoms with Gasteiger partial charge in [0.2, 0.25) is 5.13 Å². The summed E-state index contributed by atoms with van der Waals surface area (Å²) < 4.78 is 12.9. The van der Waals surface area contributed by atoms with Gasteiger partial charge in [0.05, 0.1) is 11.2 Å². The molecule has 1 N–H and O–H groups in total. The highest BCUT2D eigenvalue weighted by atomic mass is 32.1. The highest BCUT2D eigenvalue weighted by Gasteiger charge is 2.14. The molecule has 2 heterocycles. The van der Waals surface area contributed by atoms with Crippen LogP contribution in [0.25, 0.3) is 0 Å². The molecule has 0 fully saturated rings. The molecule has 0 radical (unpaired) electrons. The quantitative estimate of drug-likeness (QED) is 0.795. The van der Waals surface area contributed by atoms with Crippen molar-refractivity contribution in [3.63, 3.8) is 0 Å². The van der Waals surface area contributed by atoms with E-state index in [0.717, 1.165) is 10.6 Å². The zero-order valence-corrected chi connectivity index (χ0v) is 13.2. The molecule has 1 amide bonds. The minimum absolute atomic E-state index is 0.232. The van der Waals surface area contributed by atoms with Gasteiger partial charge in [0, 0.05) is 6.42 Å². The number of halogens is 1. The van der Waals surface area contributed by atoms with Crippen LogP contribution in [-0.2, 0) is 6.42 Å². The van der Waals surface area contributed by atoms with E-state index in [0.29, 0.717) is 22.1 Å². The van der Waals surface area contributed by atoms with Crippen LogP contribution in [-0.4, -0.2) is 21.1 Å². The first-order valence-corrected chi connectivity index (χ1v) is 8.09. The van der Waals surface area contributed by atoms with E-state index in [4.69, 9.17) is 0 Å². The Morgan fingerprint density at radius 2 is 2.05 bits per heavy atom. The Hall–Kier alpha value is -2.19. The standard InChI is InChI=1S/C14H11FN4OS2/c1-8-12(21-7-16-8)13(20)17-14-19-18-11(22-14)6-9-2-4-10(15)5-3-9/h2-5,7H,6H2,1H3,(H,17,19,20). The van der Waals surface area contributed by atoms with Crippen LogP contribution in [0.5, 0.6) is 0 Å². The average molecular weight is 334 g/mol. The molecule has 0 bridgehead atoms. The number of rotatable bonds is 4. The molecule has 3 rings (SSSR count). The molecule has 0 aliphatic rings. The maximum absolute atomic E-state index is 12.9. The van der Waals surface area contributed by atoms with Gasteiger partial charge in [0.1, 0.15) is 15.7 Å². The summed E-state index contributed by atoms with van der Waals surface area (Å²) in [6.07, 6.45) is 0.549. The zero-order chi connectivity index (χ0) is 15.5. The third-order valence-electron chi connectivity index (χ3n) is 2.91. The molecule has 112 valence electrons. The van der Waals surface area contributed by atoms with Gasteiger partial charge in [0.25, 0.3) is 5.91 Å². The van der Waals surface area contributed by atoms with E-state index in [1.54, 1.807) is 24.6 Å². The van der Waals surface area contributed by atoms with Crippen molar-refractivity contribution in [2.45, 2.75) is 13.3 Å². The van der Waals surface area contributed by atoms with Crippen LogP contribution in [0.2, 0.25) is 0 Å². The van der Waals surface area contributed by atoms with Crippen molar-refractivity contribution >= 4 is 33.7 Å². The summed E-state index contributed by atoms with van der Waals surface area (Å²) >= 11 is 2.59. The number of hydrogen-bond donors (Lipinski definition) is 1. The highest BCUT2D eigenvalue weighted by molar-refractivity contribution is 7.15. The maximum Gasteiger partial charge on any atom is 0.269 e. The lowest BCUT2D eigenvalue weighted by Crippen LogP contribution is -2.11. The Morgan fingerprint density at radius 1 is 1.27 bits per heavy atom. The van der Waals surface area contributed by atoms with Crippen molar-refractivity contribution < 1.29 is 9.18 Å². The topological polar surface area (TPSA) is 67.8 Å². The van der Waals surface area contributed by atoms with Gasteiger partial charge in [-0.3, -0.25) is 10.1 Å². The number of hydrogen-bond acceptors (Lipinski definition) is 6. The van der Waals surface area contributed by atoms with Crippen LogP contribution in [0.15, 0.2) is 29.8 Å². The number of aromatic nitrogens is 3. The van der Waals surface area contributed by atoms with Crippen LogP contribution >= 0.6 is 22.7 Å². The Labute approximate surface area is 133 Å². The van der Waals surface area contributed by atoms with Crippen molar-refractivity contribution in [2.75, 3.05) is 5.32 Å². The largest absolute Gasteiger partial charge is 0.296 e. The number of nitrogens with zero attached hydrogens (tertiary/aromatic N) is 3. The van der Waals surface area contributed by atoms with E-state index >= 15 is 0 Å². The van der Waals surface area contributed by atoms with E-state index in [1.807, 2.05) is 0 Å². The van der Waals surface area contributed by atoms with E-state index in [2.05, 4.69) is 20.5 Å². The van der Waals surface area contributed by atoms with Gasteiger partial charge in [-0.05, 0) is 24.6 Å². The molecule has 0 aliphatic carbocycles. The average Bonchev–Trinajstić information content (AvgIpc) is 3.10. The lowest BCUT2D eigenvalue weighted by Gasteiger charge is -1.98. The van der Waals surface area contributed by atoms with Gasteiger partial charge in [-0.2, -0.15) is 0 Å². The summed E-state index contributed by atoms with van der Waals surface area (Å²) in [5.41, 5.74) is 3.26. The predicted molar refractivity (Wildman–Crippen MR) is 83.9 cm³/mol. The van der Waals surface area contributed by atoms with Crippen LogP contribution in [0, 0.1) is 12.7 Å². The number of carbonyl (C=O) groups is 1. The fourth-order valence-corrected chi connectivity index (χ4v) is 3.29. The van der Waals surface area contributed by atoms with Crippen molar-refractivity contribution in [3.8, 4) is 0 Å². The number of nitrogens with one attached hydrogen (secondary N) is 1. The molecular weight excluding hydrogens is 323 g/mol. The fraction of sp³-hybridized carbons (Fsp3) is 0.143. The summed E-state index contributed by atoms with van der Waals surface area (Å²) in [6, 6.07) is 6.22. The van der Waals surface area contributed by atoms with Gasteiger partial charge in [-0.25, -0.2) is 9.37 Å². The molecule has 22 heavy (non-hydrogen) atoms. The van der Waals surface area contributed by atoms with E-state index < -0.39 is 0 Å². The molecule has 1 aromatic carbocycles. The zero-order valence-electron chi connectivity index (χ0n) is 11.5. The van der Waals surface area contributed by atoms with Crippen molar-refractivity contribution in [3.05, 3.63) is 56.7 Å². The SMILES string of the molecule is Cc1ncsc1C(=O)Nc1nnc(Cc2ccc(F)cc2)s1. The molecule has 2 aromatic heterocycles. The van der Waals surface area contributed by atoms with Crippen LogP contribution < -0.4 is 5.32 Å². The Bertz CT molecular complexity index is 797. The van der Waals surface area contributed by atoms with Crippen LogP contribution in [0.4, 0.5) is 9.52 Å². The second-order valence-corrected chi connectivity index (χ2v) is 6.44. The summed E-state index contributed by atoms with van der Waals surface area (Å²) in [4.78, 5) is 16.7. The first kappa shape index (κ1) is 14.7. The molecule has 8 heteroatoms. The second kappa shape index (κ2) is 6.29. The molecule has 0 atom stereocenters. The molecule has 0 saturated heterocycles. The summed E-state index contributed by atoms with van der Waals surface area (Å²) in [7, 11) is 0. The molecule has 0 saturated carbocycles. The number of benzene rings is 1. The Kier molecular flexibility index (Phi) is 4.21. The molecule has 0 spiro atoms. The molecular formula is C14H11FN4OS2. The van der Waals surface area contributed by atoms with E-state index in [1.165, 1.54) is 34.8 Å². The first-order valence-electron chi connectivity index (χ1n) is 6.40. The molecule has 3 aromatic rings. The van der Waals surface area contributed by atoms with Gasteiger partial charge in [-0.15, -0.1) is 21.5 Å². The van der Waals surface area contributed by atoms with Crippen LogP contribution in [0.3, 0.4) is 0 Å². The normalized spacial score (nSPS) is 10.6. The van der Waals surface area contributed by atoms with E-state index in [9.17, 15) is 9.18 Å². The number of anilines is 1. The molecule has 0 unspecified atom stereocenters. The predicted octanol–water partition coefficient (Wildman–Crippen LogP) is 3.29.